The molecule has 1 atom stereocenters. The third-order valence-corrected chi connectivity index (χ3v) is 7.53. The molecule has 3 aromatic carbocycles. The van der Waals surface area contributed by atoms with Gasteiger partial charge >= 0.3 is 0 Å². The molecular formula is C18H13O6PS2-2. The highest BCUT2D eigenvalue weighted by molar-refractivity contribution is 7.94. The van der Waals surface area contributed by atoms with Gasteiger partial charge in [-0.2, -0.15) is 4.33 Å². The van der Waals surface area contributed by atoms with Gasteiger partial charge in [0, 0.05) is 4.90 Å². The second-order valence-corrected chi connectivity index (χ2v) is 9.71. The molecule has 0 spiro atoms. The molecule has 6 nitrogen and oxygen atoms in total. The molecule has 0 aliphatic carbocycles. The Morgan fingerprint density at radius 3 is 1.81 bits per heavy atom. The van der Waals surface area contributed by atoms with Crippen LogP contribution in [0.25, 0.3) is 0 Å². The first-order valence-corrected chi connectivity index (χ1v) is 11.1. The molecule has 1 unspecified atom stereocenters. The maximum Gasteiger partial charge on any atom is 0.124 e. The van der Waals surface area contributed by atoms with Gasteiger partial charge in [-0.1, -0.05) is 54.6 Å². The lowest BCUT2D eigenvalue weighted by Crippen LogP contribution is -2.20. The largest absolute Gasteiger partial charge is 0.744 e. The van der Waals surface area contributed by atoms with Crippen molar-refractivity contribution >= 4 is 46.0 Å². The van der Waals surface area contributed by atoms with Gasteiger partial charge in [0.05, 0.1) is 16.9 Å². The Kier molecular flexibility index (Phi) is 6.62. The van der Waals surface area contributed by atoms with Crippen LogP contribution in [-0.2, 0) is 19.5 Å². The van der Waals surface area contributed by atoms with Crippen LogP contribution in [0, 0.1) is 0 Å². The maximum atomic E-state index is 11.2. The molecule has 3 aromatic rings. The van der Waals surface area contributed by atoms with Gasteiger partial charge in [-0.15, -0.1) is 0 Å². The maximum absolute atomic E-state index is 11.2. The van der Waals surface area contributed by atoms with Crippen LogP contribution in [0.5, 0.6) is 0 Å². The molecule has 0 aromatic heterocycles. The van der Waals surface area contributed by atoms with E-state index >= 15 is 0 Å². The van der Waals surface area contributed by atoms with E-state index in [1.807, 2.05) is 42.5 Å². The van der Waals surface area contributed by atoms with E-state index in [-0.39, 0.29) is 4.90 Å². The summed E-state index contributed by atoms with van der Waals surface area (Å²) in [6.45, 7) is 0. The van der Waals surface area contributed by atoms with Gasteiger partial charge in [-0.05, 0) is 48.1 Å². The van der Waals surface area contributed by atoms with Crippen molar-refractivity contribution < 1.29 is 27.6 Å². The molecule has 0 amide bonds. The van der Waals surface area contributed by atoms with Crippen LogP contribution >= 0.6 is 20.0 Å². The summed E-state index contributed by atoms with van der Waals surface area (Å²) in [6.07, 6.45) is 0. The van der Waals surface area contributed by atoms with Crippen LogP contribution in [0.1, 0.15) is 0 Å². The third-order valence-electron chi connectivity index (χ3n) is 3.65. The van der Waals surface area contributed by atoms with Gasteiger partial charge in [0.15, 0.2) is 0 Å². The van der Waals surface area contributed by atoms with Crippen molar-refractivity contribution in [1.82, 2.24) is 0 Å². The number of hydrogen-bond donors (Lipinski definition) is 0. The standard InChI is InChI=1S/C18H15O6PS2/c19-23-24-26-17-10-6-15(7-11-17)25(14-4-2-1-3-5-14)16-8-12-18(13-9-16)27(20,21)22/h1-13,19H,(H,20,21,22)/p-2. The summed E-state index contributed by atoms with van der Waals surface area (Å²) in [5.41, 5.74) is 0. The van der Waals surface area contributed by atoms with Crippen molar-refractivity contribution in [2.24, 2.45) is 0 Å². The second-order valence-electron chi connectivity index (χ2n) is 5.33. The molecule has 0 bridgehead atoms. The fourth-order valence-electron chi connectivity index (χ4n) is 2.49. The van der Waals surface area contributed by atoms with Gasteiger partial charge in [0.1, 0.15) is 10.1 Å². The van der Waals surface area contributed by atoms with Crippen LogP contribution in [-0.4, -0.2) is 13.0 Å². The molecule has 3 rings (SSSR count). The zero-order valence-corrected chi connectivity index (χ0v) is 16.2. The molecular weight excluding hydrogens is 407 g/mol. The molecule has 0 radical (unpaired) electrons. The fraction of sp³-hybridized carbons (Fsp3) is 0. The highest BCUT2D eigenvalue weighted by Gasteiger charge is 2.17. The molecule has 0 fully saturated rings. The van der Waals surface area contributed by atoms with E-state index in [2.05, 4.69) is 9.37 Å². The predicted molar refractivity (Wildman–Crippen MR) is 101 cm³/mol. The minimum absolute atomic E-state index is 0.254. The van der Waals surface area contributed by atoms with E-state index in [9.17, 15) is 18.2 Å². The molecule has 0 heterocycles. The van der Waals surface area contributed by atoms with E-state index < -0.39 is 18.0 Å². The Bertz CT molecular complexity index is 977. The monoisotopic (exact) mass is 420 g/mol. The van der Waals surface area contributed by atoms with E-state index in [1.54, 1.807) is 24.3 Å². The summed E-state index contributed by atoms with van der Waals surface area (Å²) in [5, 5.41) is 16.3. The summed E-state index contributed by atoms with van der Waals surface area (Å²) in [6, 6.07) is 23.2. The Morgan fingerprint density at radius 2 is 1.30 bits per heavy atom. The van der Waals surface area contributed by atoms with Gasteiger partial charge < -0.3 is 9.81 Å². The molecule has 0 saturated heterocycles. The number of benzene rings is 3. The van der Waals surface area contributed by atoms with Crippen molar-refractivity contribution in [2.45, 2.75) is 9.79 Å². The number of hydrogen-bond acceptors (Lipinski definition) is 7. The van der Waals surface area contributed by atoms with Crippen molar-refractivity contribution in [3.8, 4) is 0 Å². The molecule has 9 heteroatoms. The predicted octanol–water partition coefficient (Wildman–Crippen LogP) is 1.58. The van der Waals surface area contributed by atoms with E-state index in [4.69, 9.17) is 0 Å². The first-order chi connectivity index (χ1) is 13.0. The quantitative estimate of drug-likeness (QED) is 0.188. The zero-order chi connectivity index (χ0) is 19.3. The summed E-state index contributed by atoms with van der Waals surface area (Å²) < 4.78 is 37.9. The molecule has 27 heavy (non-hydrogen) atoms. The summed E-state index contributed by atoms with van der Waals surface area (Å²) in [7, 11) is -5.45. The Labute approximate surface area is 162 Å². The van der Waals surface area contributed by atoms with Crippen molar-refractivity contribution in [3.05, 3.63) is 78.9 Å². The number of rotatable bonds is 7. The van der Waals surface area contributed by atoms with E-state index in [0.29, 0.717) is 4.90 Å². The van der Waals surface area contributed by atoms with Gasteiger partial charge in [0.25, 0.3) is 0 Å². The minimum Gasteiger partial charge on any atom is -0.744 e. The average molecular weight is 420 g/mol. The first kappa shape index (κ1) is 20.0. The van der Waals surface area contributed by atoms with E-state index in [1.165, 1.54) is 12.1 Å². The van der Waals surface area contributed by atoms with Crippen molar-refractivity contribution in [2.75, 3.05) is 0 Å². The van der Waals surface area contributed by atoms with Crippen molar-refractivity contribution in [3.63, 3.8) is 0 Å². The van der Waals surface area contributed by atoms with Gasteiger partial charge in [-0.3, -0.25) is 5.04 Å². The SMILES string of the molecule is O=S(=O)([O-])c1ccc(P(c2ccccc2)c2ccc(SOO[O-])cc2)cc1. The van der Waals surface area contributed by atoms with Crippen LogP contribution in [0.2, 0.25) is 0 Å². The molecule has 0 aliphatic rings. The Balaban J connectivity index is 2.00. The van der Waals surface area contributed by atoms with Crippen LogP contribution < -0.4 is 21.2 Å². The Hall–Kier alpha value is -1.77. The minimum atomic E-state index is -4.49. The fourth-order valence-corrected chi connectivity index (χ4v) is 5.57. The average Bonchev–Trinajstić information content (AvgIpc) is 2.68. The highest BCUT2D eigenvalue weighted by Crippen LogP contribution is 2.33. The zero-order valence-electron chi connectivity index (χ0n) is 13.7. The molecule has 0 N–H and O–H groups in total. The molecule has 140 valence electrons. The van der Waals surface area contributed by atoms with Gasteiger partial charge in [-0.25, -0.2) is 8.42 Å². The van der Waals surface area contributed by atoms with Crippen molar-refractivity contribution in [1.29, 1.82) is 0 Å². The van der Waals surface area contributed by atoms with Crippen LogP contribution in [0.15, 0.2) is 88.7 Å². The summed E-state index contributed by atoms with van der Waals surface area (Å²) >= 11 is 0.808. The summed E-state index contributed by atoms with van der Waals surface area (Å²) in [5.74, 6) is 0. The van der Waals surface area contributed by atoms with Gasteiger partial charge in [0.2, 0.25) is 0 Å². The lowest BCUT2D eigenvalue weighted by Gasteiger charge is -2.20. The normalized spacial score (nSPS) is 12.7. The van der Waals surface area contributed by atoms with Crippen LogP contribution in [0.4, 0.5) is 0 Å². The van der Waals surface area contributed by atoms with Crippen LogP contribution in [0.3, 0.4) is 0 Å². The molecule has 0 aliphatic heterocycles. The van der Waals surface area contributed by atoms with E-state index in [0.717, 1.165) is 28.0 Å². The molecule has 0 saturated carbocycles. The highest BCUT2D eigenvalue weighted by atomic mass is 32.2. The topological polar surface area (TPSA) is 98.7 Å². The third kappa shape index (κ3) is 5.15. The summed E-state index contributed by atoms with van der Waals surface area (Å²) in [4.78, 5) is 0.446. The Morgan fingerprint density at radius 1 is 0.778 bits per heavy atom. The second kappa shape index (κ2) is 8.95. The lowest BCUT2D eigenvalue weighted by molar-refractivity contribution is -0.777. The lowest BCUT2D eigenvalue weighted by atomic mass is 10.3. The smallest absolute Gasteiger partial charge is 0.124 e. The first-order valence-electron chi connectivity index (χ1n) is 7.63.